The van der Waals surface area contributed by atoms with Crippen molar-refractivity contribution in [1.29, 1.82) is 0 Å². The standard InChI is InChI=1S/C15H19NO3/c1-12(13-8-5-10-18-13)16-9-11-19-15-7-4-3-6-14(15)17-2/h3-8,10,12,16H,9,11H2,1-2H3. The highest BCUT2D eigenvalue weighted by Gasteiger charge is 2.07. The molecule has 0 fully saturated rings. The summed E-state index contributed by atoms with van der Waals surface area (Å²) in [6.45, 7) is 3.37. The Morgan fingerprint density at radius 3 is 2.63 bits per heavy atom. The number of hydrogen-bond donors (Lipinski definition) is 1. The van der Waals surface area contributed by atoms with E-state index in [-0.39, 0.29) is 6.04 Å². The minimum absolute atomic E-state index is 0.177. The van der Waals surface area contributed by atoms with E-state index in [1.165, 1.54) is 0 Å². The fourth-order valence-electron chi connectivity index (χ4n) is 1.81. The van der Waals surface area contributed by atoms with E-state index in [0.717, 1.165) is 23.8 Å². The monoisotopic (exact) mass is 261 g/mol. The summed E-state index contributed by atoms with van der Waals surface area (Å²) < 4.78 is 16.2. The third-order valence-corrected chi connectivity index (χ3v) is 2.85. The molecule has 0 aliphatic rings. The van der Waals surface area contributed by atoms with Gasteiger partial charge in [0.05, 0.1) is 19.4 Å². The second-order valence-corrected chi connectivity index (χ2v) is 4.19. The van der Waals surface area contributed by atoms with E-state index in [1.807, 2.05) is 36.4 Å². The summed E-state index contributed by atoms with van der Waals surface area (Å²) in [5, 5.41) is 3.33. The van der Waals surface area contributed by atoms with Gasteiger partial charge in [0.2, 0.25) is 0 Å². The first kappa shape index (κ1) is 13.5. The Balaban J connectivity index is 1.75. The highest BCUT2D eigenvalue weighted by atomic mass is 16.5. The molecule has 1 atom stereocenters. The molecule has 0 amide bonds. The highest BCUT2D eigenvalue weighted by Crippen LogP contribution is 2.25. The van der Waals surface area contributed by atoms with Crippen LogP contribution in [0.2, 0.25) is 0 Å². The van der Waals surface area contributed by atoms with Crippen LogP contribution in [-0.2, 0) is 0 Å². The molecule has 4 nitrogen and oxygen atoms in total. The summed E-state index contributed by atoms with van der Waals surface area (Å²) in [6, 6.07) is 11.6. The van der Waals surface area contributed by atoms with Gasteiger partial charge in [0.25, 0.3) is 0 Å². The summed E-state index contributed by atoms with van der Waals surface area (Å²) in [5.74, 6) is 2.44. The van der Waals surface area contributed by atoms with Crippen LogP contribution in [0.15, 0.2) is 47.1 Å². The van der Waals surface area contributed by atoms with Gasteiger partial charge in [-0.15, -0.1) is 0 Å². The van der Waals surface area contributed by atoms with Crippen molar-refractivity contribution in [3.05, 3.63) is 48.4 Å². The molecule has 0 saturated carbocycles. The van der Waals surface area contributed by atoms with Crippen LogP contribution in [0, 0.1) is 0 Å². The third-order valence-electron chi connectivity index (χ3n) is 2.85. The van der Waals surface area contributed by atoms with Crippen molar-refractivity contribution in [2.75, 3.05) is 20.3 Å². The zero-order chi connectivity index (χ0) is 13.5. The Morgan fingerprint density at radius 2 is 1.95 bits per heavy atom. The Kier molecular flexibility index (Phi) is 4.86. The van der Waals surface area contributed by atoms with Gasteiger partial charge in [-0.05, 0) is 31.2 Å². The number of ether oxygens (including phenoxy) is 2. The zero-order valence-corrected chi connectivity index (χ0v) is 11.3. The van der Waals surface area contributed by atoms with Gasteiger partial charge in [-0.25, -0.2) is 0 Å². The molecule has 0 radical (unpaired) electrons. The van der Waals surface area contributed by atoms with Crippen molar-refractivity contribution >= 4 is 0 Å². The van der Waals surface area contributed by atoms with Crippen LogP contribution in [0.1, 0.15) is 18.7 Å². The molecule has 4 heteroatoms. The fraction of sp³-hybridized carbons (Fsp3) is 0.333. The predicted molar refractivity (Wildman–Crippen MR) is 73.6 cm³/mol. The first-order chi connectivity index (χ1) is 9.31. The van der Waals surface area contributed by atoms with Gasteiger partial charge < -0.3 is 19.2 Å². The number of nitrogens with one attached hydrogen (secondary N) is 1. The molecule has 0 bridgehead atoms. The Bertz CT molecular complexity index is 482. The van der Waals surface area contributed by atoms with Crippen molar-refractivity contribution in [3.8, 4) is 11.5 Å². The molecule has 19 heavy (non-hydrogen) atoms. The summed E-state index contributed by atoms with van der Waals surface area (Å²) in [7, 11) is 1.64. The van der Waals surface area contributed by atoms with Gasteiger partial charge in [-0.1, -0.05) is 12.1 Å². The van der Waals surface area contributed by atoms with Crippen LogP contribution >= 0.6 is 0 Å². The lowest BCUT2D eigenvalue weighted by Crippen LogP contribution is -2.24. The molecule has 0 aliphatic heterocycles. The molecule has 1 heterocycles. The fourth-order valence-corrected chi connectivity index (χ4v) is 1.81. The lowest BCUT2D eigenvalue weighted by atomic mass is 10.2. The summed E-state index contributed by atoms with van der Waals surface area (Å²) in [5.41, 5.74) is 0. The molecular weight excluding hydrogens is 242 g/mol. The van der Waals surface area contributed by atoms with Crippen molar-refractivity contribution in [2.24, 2.45) is 0 Å². The van der Waals surface area contributed by atoms with Crippen molar-refractivity contribution < 1.29 is 13.9 Å². The molecule has 2 aromatic rings. The van der Waals surface area contributed by atoms with Crippen LogP contribution in [0.4, 0.5) is 0 Å². The number of rotatable bonds is 7. The maximum atomic E-state index is 5.68. The molecular formula is C15H19NO3. The second-order valence-electron chi connectivity index (χ2n) is 4.19. The van der Waals surface area contributed by atoms with Gasteiger partial charge in [0.1, 0.15) is 12.4 Å². The molecule has 0 aliphatic carbocycles. The van der Waals surface area contributed by atoms with Crippen LogP contribution in [-0.4, -0.2) is 20.3 Å². The molecule has 1 aromatic heterocycles. The smallest absolute Gasteiger partial charge is 0.161 e. The van der Waals surface area contributed by atoms with E-state index in [9.17, 15) is 0 Å². The number of hydrogen-bond acceptors (Lipinski definition) is 4. The maximum absolute atomic E-state index is 5.68. The Morgan fingerprint density at radius 1 is 1.16 bits per heavy atom. The minimum Gasteiger partial charge on any atom is -0.493 e. The minimum atomic E-state index is 0.177. The van der Waals surface area contributed by atoms with Crippen LogP contribution in [0.25, 0.3) is 0 Å². The van der Waals surface area contributed by atoms with Crippen molar-refractivity contribution in [1.82, 2.24) is 5.32 Å². The lowest BCUT2D eigenvalue weighted by molar-refractivity contribution is 0.284. The van der Waals surface area contributed by atoms with E-state index in [4.69, 9.17) is 13.9 Å². The van der Waals surface area contributed by atoms with Crippen molar-refractivity contribution in [3.63, 3.8) is 0 Å². The SMILES string of the molecule is COc1ccccc1OCCNC(C)c1ccco1. The largest absolute Gasteiger partial charge is 0.493 e. The number of furan rings is 1. The molecule has 0 saturated heterocycles. The quantitative estimate of drug-likeness (QED) is 0.778. The zero-order valence-electron chi connectivity index (χ0n) is 11.3. The summed E-state index contributed by atoms with van der Waals surface area (Å²) >= 11 is 0. The second kappa shape index (κ2) is 6.85. The Labute approximate surface area is 113 Å². The molecule has 1 N–H and O–H groups in total. The van der Waals surface area contributed by atoms with Crippen LogP contribution in [0.3, 0.4) is 0 Å². The third kappa shape index (κ3) is 3.76. The first-order valence-electron chi connectivity index (χ1n) is 6.34. The van der Waals surface area contributed by atoms with E-state index in [0.29, 0.717) is 6.61 Å². The van der Waals surface area contributed by atoms with Gasteiger partial charge in [-0.2, -0.15) is 0 Å². The molecule has 2 rings (SSSR count). The van der Waals surface area contributed by atoms with Gasteiger partial charge in [0.15, 0.2) is 11.5 Å². The first-order valence-corrected chi connectivity index (χ1v) is 6.34. The topological polar surface area (TPSA) is 43.6 Å². The average Bonchev–Trinajstić information content (AvgIpc) is 2.98. The summed E-state index contributed by atoms with van der Waals surface area (Å²) in [6.07, 6.45) is 1.68. The normalized spacial score (nSPS) is 12.1. The Hall–Kier alpha value is -1.94. The highest BCUT2D eigenvalue weighted by molar-refractivity contribution is 5.39. The van der Waals surface area contributed by atoms with Crippen molar-refractivity contribution in [2.45, 2.75) is 13.0 Å². The predicted octanol–water partition coefficient (Wildman–Crippen LogP) is 3.02. The lowest BCUT2D eigenvalue weighted by Gasteiger charge is -2.13. The molecule has 0 spiro atoms. The van der Waals surface area contributed by atoms with E-state index >= 15 is 0 Å². The van der Waals surface area contributed by atoms with Gasteiger partial charge >= 0.3 is 0 Å². The number of benzene rings is 1. The van der Waals surface area contributed by atoms with E-state index < -0.39 is 0 Å². The summed E-state index contributed by atoms with van der Waals surface area (Å²) in [4.78, 5) is 0. The number of para-hydroxylation sites is 2. The van der Waals surface area contributed by atoms with E-state index in [1.54, 1.807) is 13.4 Å². The molecule has 1 unspecified atom stereocenters. The molecule has 102 valence electrons. The maximum Gasteiger partial charge on any atom is 0.161 e. The molecule has 1 aromatic carbocycles. The number of methoxy groups -OCH3 is 1. The van der Waals surface area contributed by atoms with Crippen LogP contribution in [0.5, 0.6) is 11.5 Å². The van der Waals surface area contributed by atoms with E-state index in [2.05, 4.69) is 12.2 Å². The van der Waals surface area contributed by atoms with Crippen LogP contribution < -0.4 is 14.8 Å². The van der Waals surface area contributed by atoms with Gasteiger partial charge in [-0.3, -0.25) is 0 Å². The van der Waals surface area contributed by atoms with Gasteiger partial charge in [0, 0.05) is 6.54 Å². The average molecular weight is 261 g/mol.